The van der Waals surface area contributed by atoms with Gasteiger partial charge in [0.05, 0.1) is 29.8 Å². The molecule has 0 unspecified atom stereocenters. The van der Waals surface area contributed by atoms with Crippen LogP contribution in [0.5, 0.6) is 5.75 Å². The minimum absolute atomic E-state index is 0.479. The van der Waals surface area contributed by atoms with Crippen LogP contribution in [0.3, 0.4) is 0 Å². The van der Waals surface area contributed by atoms with Crippen molar-refractivity contribution in [3.63, 3.8) is 0 Å². The van der Waals surface area contributed by atoms with E-state index in [0.717, 1.165) is 16.2 Å². The lowest BCUT2D eigenvalue weighted by Gasteiger charge is -2.16. The van der Waals surface area contributed by atoms with Gasteiger partial charge in [-0.05, 0) is 0 Å². The number of fused-ring (bicyclic) bond motifs is 1. The molecule has 0 spiro atoms. The van der Waals surface area contributed by atoms with Crippen LogP contribution in [0.1, 0.15) is 0 Å². The van der Waals surface area contributed by atoms with Gasteiger partial charge < -0.3 is 10.5 Å². The van der Waals surface area contributed by atoms with E-state index in [9.17, 15) is 4.79 Å². The second-order valence-electron chi connectivity index (χ2n) is 4.26. The summed E-state index contributed by atoms with van der Waals surface area (Å²) >= 11 is 1.54. The number of anilines is 1. The first-order chi connectivity index (χ1) is 9.72. The van der Waals surface area contributed by atoms with Crippen LogP contribution >= 0.6 is 11.8 Å². The zero-order valence-corrected chi connectivity index (χ0v) is 11.7. The summed E-state index contributed by atoms with van der Waals surface area (Å²) in [6.45, 7) is 0. The highest BCUT2D eigenvalue weighted by Crippen LogP contribution is 2.48. The summed E-state index contributed by atoms with van der Waals surface area (Å²) in [4.78, 5) is 18.4. The lowest BCUT2D eigenvalue weighted by Crippen LogP contribution is -2.33. The summed E-state index contributed by atoms with van der Waals surface area (Å²) in [7, 11) is 1.56. The molecule has 1 aliphatic rings. The fraction of sp³-hybridized carbons (Fsp3) is 0.143. The minimum Gasteiger partial charge on any atom is -0.493 e. The Hall–Kier alpha value is -2.21. The van der Waals surface area contributed by atoms with Crippen molar-refractivity contribution in [1.82, 2.24) is 4.98 Å². The number of hydrogen-bond donors (Lipinski definition) is 1. The van der Waals surface area contributed by atoms with E-state index in [1.165, 1.54) is 16.7 Å². The Labute approximate surface area is 120 Å². The fourth-order valence-corrected chi connectivity index (χ4v) is 3.35. The standard InChI is InChI=1S/C14H13N3O2S/c1-19-10-7-16-11(9-5-3-2-4-6-9)13-12(10)17(8-20-13)14(15)18/h2-7H,8H2,1H3,(H2,15,18). The van der Waals surface area contributed by atoms with Crippen LogP contribution in [-0.2, 0) is 0 Å². The molecule has 0 bridgehead atoms. The van der Waals surface area contributed by atoms with Crippen LogP contribution in [0.4, 0.5) is 10.5 Å². The molecule has 0 fully saturated rings. The second-order valence-corrected chi connectivity index (χ2v) is 5.21. The summed E-state index contributed by atoms with van der Waals surface area (Å²) in [6.07, 6.45) is 1.63. The Morgan fingerprint density at radius 2 is 2.15 bits per heavy atom. The predicted octanol–water partition coefficient (Wildman–Crippen LogP) is 2.71. The summed E-state index contributed by atoms with van der Waals surface area (Å²) in [6, 6.07) is 9.36. The third-order valence-electron chi connectivity index (χ3n) is 3.12. The number of ether oxygens (including phenoxy) is 1. The molecule has 6 heteroatoms. The van der Waals surface area contributed by atoms with Crippen molar-refractivity contribution in [2.24, 2.45) is 5.73 Å². The summed E-state index contributed by atoms with van der Waals surface area (Å²) in [5, 5.41) is 0. The monoisotopic (exact) mass is 287 g/mol. The fourth-order valence-electron chi connectivity index (χ4n) is 2.18. The molecule has 0 saturated carbocycles. The second kappa shape index (κ2) is 5.05. The SMILES string of the molecule is COc1cnc(-c2ccccc2)c2c1N(C(N)=O)CS2. The smallest absolute Gasteiger partial charge is 0.320 e. The lowest BCUT2D eigenvalue weighted by atomic mass is 10.1. The number of primary amides is 1. The van der Waals surface area contributed by atoms with Gasteiger partial charge in [0.2, 0.25) is 0 Å². The maximum atomic E-state index is 11.5. The number of carbonyl (C=O) groups excluding carboxylic acids is 1. The van der Waals surface area contributed by atoms with E-state index < -0.39 is 6.03 Å². The molecule has 3 rings (SSSR count). The number of urea groups is 1. The van der Waals surface area contributed by atoms with Gasteiger partial charge in [-0.1, -0.05) is 42.1 Å². The molecule has 0 aliphatic carbocycles. The van der Waals surface area contributed by atoms with Crippen LogP contribution in [-0.4, -0.2) is 24.0 Å². The Balaban J connectivity index is 2.19. The van der Waals surface area contributed by atoms with Gasteiger partial charge in [-0.3, -0.25) is 9.88 Å². The van der Waals surface area contributed by atoms with Crippen molar-refractivity contribution in [3.05, 3.63) is 36.5 Å². The van der Waals surface area contributed by atoms with Crippen molar-refractivity contribution in [2.75, 3.05) is 17.9 Å². The molecular formula is C14H13N3O2S. The quantitative estimate of drug-likeness (QED) is 0.922. The maximum Gasteiger partial charge on any atom is 0.320 e. The first kappa shape index (κ1) is 12.8. The summed E-state index contributed by atoms with van der Waals surface area (Å²) in [5.41, 5.74) is 7.98. The van der Waals surface area contributed by atoms with Crippen LogP contribution in [0.15, 0.2) is 41.4 Å². The number of rotatable bonds is 2. The number of aromatic nitrogens is 1. The third-order valence-corrected chi connectivity index (χ3v) is 4.18. The number of pyridine rings is 1. The first-order valence-electron chi connectivity index (χ1n) is 6.04. The third kappa shape index (κ3) is 1.98. The number of thioether (sulfide) groups is 1. The van der Waals surface area contributed by atoms with E-state index in [-0.39, 0.29) is 0 Å². The van der Waals surface area contributed by atoms with Gasteiger partial charge in [0, 0.05) is 5.56 Å². The Kier molecular flexibility index (Phi) is 3.23. The number of methoxy groups -OCH3 is 1. The van der Waals surface area contributed by atoms with Crippen LogP contribution in [0, 0.1) is 0 Å². The Morgan fingerprint density at radius 3 is 2.80 bits per heavy atom. The molecule has 2 heterocycles. The normalized spacial score (nSPS) is 13.2. The van der Waals surface area contributed by atoms with E-state index >= 15 is 0 Å². The molecule has 1 aliphatic heterocycles. The zero-order valence-electron chi connectivity index (χ0n) is 10.9. The summed E-state index contributed by atoms with van der Waals surface area (Å²) in [5.74, 6) is 1.04. The number of amides is 2. The number of nitrogens with zero attached hydrogens (tertiary/aromatic N) is 2. The number of benzene rings is 1. The maximum absolute atomic E-state index is 11.5. The van der Waals surface area contributed by atoms with Gasteiger partial charge in [0.1, 0.15) is 5.69 Å². The van der Waals surface area contributed by atoms with Crippen molar-refractivity contribution < 1.29 is 9.53 Å². The summed E-state index contributed by atoms with van der Waals surface area (Å²) < 4.78 is 5.30. The minimum atomic E-state index is -0.486. The average molecular weight is 287 g/mol. The number of hydrogen-bond acceptors (Lipinski definition) is 4. The number of nitrogens with two attached hydrogens (primary N) is 1. The largest absolute Gasteiger partial charge is 0.493 e. The Morgan fingerprint density at radius 1 is 1.40 bits per heavy atom. The highest BCUT2D eigenvalue weighted by atomic mass is 32.2. The van der Waals surface area contributed by atoms with Gasteiger partial charge in [-0.15, -0.1) is 0 Å². The van der Waals surface area contributed by atoms with E-state index in [1.54, 1.807) is 13.3 Å². The molecule has 20 heavy (non-hydrogen) atoms. The van der Waals surface area contributed by atoms with E-state index in [0.29, 0.717) is 17.3 Å². The van der Waals surface area contributed by atoms with Crippen molar-refractivity contribution in [2.45, 2.75) is 4.90 Å². The predicted molar refractivity (Wildman–Crippen MR) is 79.0 cm³/mol. The molecule has 0 radical (unpaired) electrons. The molecular weight excluding hydrogens is 274 g/mol. The van der Waals surface area contributed by atoms with Gasteiger partial charge in [-0.2, -0.15) is 0 Å². The lowest BCUT2D eigenvalue weighted by molar-refractivity contribution is 0.254. The highest BCUT2D eigenvalue weighted by molar-refractivity contribution is 8.00. The molecule has 1 aromatic carbocycles. The zero-order chi connectivity index (χ0) is 14.1. The molecule has 0 atom stereocenters. The van der Waals surface area contributed by atoms with Crippen LogP contribution in [0.25, 0.3) is 11.3 Å². The van der Waals surface area contributed by atoms with Gasteiger partial charge >= 0.3 is 6.03 Å². The first-order valence-corrected chi connectivity index (χ1v) is 7.03. The van der Waals surface area contributed by atoms with E-state index in [1.807, 2.05) is 30.3 Å². The van der Waals surface area contributed by atoms with Gasteiger partial charge in [-0.25, -0.2) is 4.79 Å². The average Bonchev–Trinajstić information content (AvgIpc) is 2.92. The Bertz CT molecular complexity index is 661. The van der Waals surface area contributed by atoms with Gasteiger partial charge in [0.15, 0.2) is 5.75 Å². The van der Waals surface area contributed by atoms with Crippen molar-refractivity contribution >= 4 is 23.5 Å². The van der Waals surface area contributed by atoms with Crippen molar-refractivity contribution in [1.29, 1.82) is 0 Å². The highest BCUT2D eigenvalue weighted by Gasteiger charge is 2.30. The molecule has 1 aromatic heterocycles. The van der Waals surface area contributed by atoms with E-state index in [4.69, 9.17) is 10.5 Å². The van der Waals surface area contributed by atoms with Crippen LogP contribution < -0.4 is 15.4 Å². The van der Waals surface area contributed by atoms with Gasteiger partial charge in [0.25, 0.3) is 0 Å². The van der Waals surface area contributed by atoms with Crippen molar-refractivity contribution in [3.8, 4) is 17.0 Å². The molecule has 102 valence electrons. The molecule has 2 aromatic rings. The molecule has 2 amide bonds. The molecule has 2 N–H and O–H groups in total. The molecule has 5 nitrogen and oxygen atoms in total. The van der Waals surface area contributed by atoms with Crippen LogP contribution in [0.2, 0.25) is 0 Å². The molecule has 0 saturated heterocycles. The number of carbonyl (C=O) groups is 1. The topological polar surface area (TPSA) is 68.4 Å². The van der Waals surface area contributed by atoms with E-state index in [2.05, 4.69) is 4.98 Å².